The van der Waals surface area contributed by atoms with Crippen LogP contribution in [0.5, 0.6) is 0 Å². The van der Waals surface area contributed by atoms with E-state index in [9.17, 15) is 14.0 Å². The van der Waals surface area contributed by atoms with Crippen molar-refractivity contribution in [3.8, 4) is 0 Å². The minimum atomic E-state index is -1.24. The van der Waals surface area contributed by atoms with E-state index >= 15 is 0 Å². The lowest BCUT2D eigenvalue weighted by Crippen LogP contribution is -2.32. The predicted octanol–water partition coefficient (Wildman–Crippen LogP) is 3.37. The van der Waals surface area contributed by atoms with Crippen LogP contribution in [0.3, 0.4) is 0 Å². The topological polar surface area (TPSA) is 95.6 Å². The molecule has 1 heterocycles. The summed E-state index contributed by atoms with van der Waals surface area (Å²) in [5, 5.41) is 1.95. The minimum absolute atomic E-state index is 0.0428. The second-order valence-corrected chi connectivity index (χ2v) is 6.01. The quantitative estimate of drug-likeness (QED) is 0.600. The SMILES string of the molecule is C[C@@H](OC(=O)c1[nH+]c(Cl)c(Cl)c(N)c1Cl)C(=O)Nc1ccccc1F. The normalized spacial score (nSPS) is 11.7. The van der Waals surface area contributed by atoms with Crippen molar-refractivity contribution >= 4 is 58.1 Å². The van der Waals surface area contributed by atoms with Crippen LogP contribution in [0.4, 0.5) is 15.8 Å². The predicted molar refractivity (Wildman–Crippen MR) is 92.3 cm³/mol. The van der Waals surface area contributed by atoms with E-state index in [0.29, 0.717) is 0 Å². The largest absolute Gasteiger partial charge is 0.445 e. The summed E-state index contributed by atoms with van der Waals surface area (Å²) in [6.07, 6.45) is -1.24. The Morgan fingerprint density at radius 3 is 2.52 bits per heavy atom. The maximum atomic E-state index is 13.5. The van der Waals surface area contributed by atoms with Crippen LogP contribution in [-0.4, -0.2) is 18.0 Å². The number of benzene rings is 1. The third-order valence-corrected chi connectivity index (χ3v) is 4.27. The molecule has 132 valence electrons. The van der Waals surface area contributed by atoms with Gasteiger partial charge in [0.15, 0.2) is 6.10 Å². The number of H-pyrrole nitrogens is 1. The molecule has 0 saturated heterocycles. The molecule has 1 aromatic heterocycles. The molecule has 0 radical (unpaired) electrons. The van der Waals surface area contributed by atoms with Gasteiger partial charge in [0.1, 0.15) is 15.9 Å². The Balaban J connectivity index is 2.13. The van der Waals surface area contributed by atoms with Gasteiger partial charge in [-0.1, -0.05) is 35.3 Å². The fraction of sp³-hybridized carbons (Fsp3) is 0.133. The summed E-state index contributed by atoms with van der Waals surface area (Å²) >= 11 is 17.5. The Morgan fingerprint density at radius 2 is 1.88 bits per heavy atom. The molecule has 0 fully saturated rings. The Kier molecular flexibility index (Phi) is 6.05. The fourth-order valence-corrected chi connectivity index (χ4v) is 2.38. The number of anilines is 2. The number of nitrogens with two attached hydrogens (primary N) is 1. The number of hydrogen-bond acceptors (Lipinski definition) is 4. The zero-order valence-electron chi connectivity index (χ0n) is 12.7. The number of carbonyl (C=O) groups is 2. The number of aromatic amines is 1. The first kappa shape index (κ1) is 19.2. The third kappa shape index (κ3) is 4.31. The van der Waals surface area contributed by atoms with E-state index in [-0.39, 0.29) is 32.3 Å². The summed E-state index contributed by atoms with van der Waals surface area (Å²) in [5.74, 6) is -2.34. The van der Waals surface area contributed by atoms with Crippen molar-refractivity contribution in [2.24, 2.45) is 0 Å². The summed E-state index contributed by atoms with van der Waals surface area (Å²) in [4.78, 5) is 26.6. The molecule has 4 N–H and O–H groups in total. The molecule has 10 heteroatoms. The lowest BCUT2D eigenvalue weighted by molar-refractivity contribution is -0.380. The molecular weight excluding hydrogens is 396 g/mol. The van der Waals surface area contributed by atoms with E-state index in [4.69, 9.17) is 45.3 Å². The molecule has 1 aromatic carbocycles. The average Bonchev–Trinajstić information content (AvgIpc) is 2.58. The van der Waals surface area contributed by atoms with E-state index in [0.717, 1.165) is 0 Å². The number of pyridine rings is 1. The maximum absolute atomic E-state index is 13.5. The van der Waals surface area contributed by atoms with Crippen LogP contribution in [0.25, 0.3) is 0 Å². The lowest BCUT2D eigenvalue weighted by atomic mass is 10.2. The first-order valence-electron chi connectivity index (χ1n) is 6.84. The first-order chi connectivity index (χ1) is 11.7. The van der Waals surface area contributed by atoms with Gasteiger partial charge in [-0.15, -0.1) is 0 Å². The second kappa shape index (κ2) is 7.86. The standard InChI is InChI=1S/C15H11Cl3FN3O3/c1-6(14(23)21-8-5-3-2-4-7(8)19)25-15(24)12-9(16)11(20)10(17)13(18)22-12/h2-6H,1H3,(H2,20,22)(H,21,23)/p+1/t6-/m1/s1. The highest BCUT2D eigenvalue weighted by Crippen LogP contribution is 2.32. The van der Waals surface area contributed by atoms with Crippen LogP contribution in [0, 0.1) is 5.82 Å². The van der Waals surface area contributed by atoms with Gasteiger partial charge in [-0.2, -0.15) is 4.98 Å². The Labute approximate surface area is 157 Å². The number of ether oxygens (including phenoxy) is 1. The second-order valence-electron chi connectivity index (χ2n) is 4.87. The summed E-state index contributed by atoms with van der Waals surface area (Å²) in [7, 11) is 0. The molecule has 1 atom stereocenters. The summed E-state index contributed by atoms with van der Waals surface area (Å²) in [6.45, 7) is 1.31. The van der Waals surface area contributed by atoms with Crippen LogP contribution >= 0.6 is 34.8 Å². The summed E-state index contributed by atoms with van der Waals surface area (Å²) in [5.41, 5.74) is 5.22. The molecule has 0 unspecified atom stereocenters. The number of aromatic nitrogens is 1. The van der Waals surface area contributed by atoms with E-state index in [1.807, 2.05) is 0 Å². The number of amides is 1. The van der Waals surface area contributed by atoms with Gasteiger partial charge in [-0.25, -0.2) is 9.18 Å². The zero-order valence-corrected chi connectivity index (χ0v) is 15.0. The van der Waals surface area contributed by atoms with Gasteiger partial charge in [0, 0.05) is 0 Å². The van der Waals surface area contributed by atoms with Gasteiger partial charge in [0.25, 0.3) is 11.1 Å². The fourth-order valence-electron chi connectivity index (χ4n) is 1.78. The molecule has 6 nitrogen and oxygen atoms in total. The number of para-hydroxylation sites is 1. The van der Waals surface area contributed by atoms with Crippen LogP contribution in [0.1, 0.15) is 17.4 Å². The van der Waals surface area contributed by atoms with Crippen molar-refractivity contribution in [3.05, 3.63) is 51.0 Å². The van der Waals surface area contributed by atoms with Gasteiger partial charge in [-0.05, 0) is 30.7 Å². The maximum Gasteiger partial charge on any atom is 0.406 e. The highest BCUT2D eigenvalue weighted by Gasteiger charge is 2.30. The van der Waals surface area contributed by atoms with Crippen molar-refractivity contribution in [2.75, 3.05) is 11.1 Å². The Bertz CT molecular complexity index is 848. The summed E-state index contributed by atoms with van der Waals surface area (Å²) < 4.78 is 18.5. The van der Waals surface area contributed by atoms with E-state index in [1.54, 1.807) is 6.07 Å². The lowest BCUT2D eigenvalue weighted by Gasteiger charge is -2.13. The first-order valence-corrected chi connectivity index (χ1v) is 7.97. The number of rotatable bonds is 4. The number of hydrogen-bond donors (Lipinski definition) is 2. The molecule has 2 aromatic rings. The molecular formula is C15H12Cl3FN3O3+. The van der Waals surface area contributed by atoms with Gasteiger partial charge in [0.2, 0.25) is 0 Å². The molecule has 0 saturated carbocycles. The summed E-state index contributed by atoms with van der Waals surface area (Å²) in [6, 6.07) is 5.56. The molecule has 25 heavy (non-hydrogen) atoms. The molecule has 0 spiro atoms. The van der Waals surface area contributed by atoms with Gasteiger partial charge < -0.3 is 15.8 Å². The Hall–Kier alpha value is -2.09. The smallest absolute Gasteiger partial charge is 0.406 e. The Morgan fingerprint density at radius 1 is 1.24 bits per heavy atom. The van der Waals surface area contributed by atoms with Crippen LogP contribution in [-0.2, 0) is 9.53 Å². The number of nitrogens with one attached hydrogen (secondary N) is 2. The van der Waals surface area contributed by atoms with Gasteiger partial charge in [-0.3, -0.25) is 4.79 Å². The highest BCUT2D eigenvalue weighted by atomic mass is 35.5. The van der Waals surface area contributed by atoms with Gasteiger partial charge in [0.05, 0.1) is 11.4 Å². The van der Waals surface area contributed by atoms with Crippen LogP contribution in [0.15, 0.2) is 24.3 Å². The molecule has 0 aliphatic rings. The van der Waals surface area contributed by atoms with E-state index in [1.165, 1.54) is 25.1 Å². The average molecular weight is 408 g/mol. The van der Waals surface area contributed by atoms with E-state index < -0.39 is 23.8 Å². The zero-order chi connectivity index (χ0) is 18.7. The minimum Gasteiger partial charge on any atom is -0.445 e. The molecule has 2 rings (SSSR count). The number of halogens is 4. The molecule has 0 bridgehead atoms. The third-order valence-electron chi connectivity index (χ3n) is 3.11. The van der Waals surface area contributed by atoms with Crippen molar-refractivity contribution in [1.29, 1.82) is 0 Å². The highest BCUT2D eigenvalue weighted by molar-refractivity contribution is 6.45. The monoisotopic (exact) mass is 406 g/mol. The van der Waals surface area contributed by atoms with Crippen molar-refractivity contribution < 1.29 is 23.7 Å². The van der Waals surface area contributed by atoms with Crippen LogP contribution < -0.4 is 16.0 Å². The van der Waals surface area contributed by atoms with E-state index in [2.05, 4.69) is 10.3 Å². The number of carbonyl (C=O) groups excluding carboxylic acids is 2. The van der Waals surface area contributed by atoms with Crippen molar-refractivity contribution in [1.82, 2.24) is 0 Å². The molecule has 1 amide bonds. The number of esters is 1. The number of nitrogen functional groups attached to an aromatic ring is 1. The molecule has 0 aliphatic carbocycles. The van der Waals surface area contributed by atoms with Crippen molar-refractivity contribution in [2.45, 2.75) is 13.0 Å². The van der Waals surface area contributed by atoms with Crippen molar-refractivity contribution in [3.63, 3.8) is 0 Å². The van der Waals surface area contributed by atoms with Gasteiger partial charge >= 0.3 is 11.7 Å². The molecule has 0 aliphatic heterocycles. The van der Waals surface area contributed by atoms with Crippen LogP contribution in [0.2, 0.25) is 15.2 Å².